The van der Waals surface area contributed by atoms with Gasteiger partial charge in [0, 0.05) is 5.88 Å². The third-order valence-electron chi connectivity index (χ3n) is 2.30. The predicted molar refractivity (Wildman–Crippen MR) is 43.5 cm³/mol. The summed E-state index contributed by atoms with van der Waals surface area (Å²) < 4.78 is 5.15. The molecule has 0 bridgehead atoms. The lowest BCUT2D eigenvalue weighted by Crippen LogP contribution is -2.19. The van der Waals surface area contributed by atoms with Crippen molar-refractivity contribution < 1.29 is 4.74 Å². The van der Waals surface area contributed by atoms with Gasteiger partial charge < -0.3 is 4.74 Å². The van der Waals surface area contributed by atoms with Gasteiger partial charge in [-0.1, -0.05) is 13.8 Å². The molecule has 1 heterocycles. The topological polar surface area (TPSA) is 12.5 Å². The Morgan fingerprint density at radius 2 is 2.30 bits per heavy atom. The highest BCUT2D eigenvalue weighted by Crippen LogP contribution is 2.33. The number of rotatable bonds is 4. The van der Waals surface area contributed by atoms with Gasteiger partial charge in [-0.15, -0.1) is 11.6 Å². The molecule has 1 fully saturated rings. The van der Waals surface area contributed by atoms with E-state index in [-0.39, 0.29) is 0 Å². The summed E-state index contributed by atoms with van der Waals surface area (Å²) in [6.07, 6.45) is 2.80. The van der Waals surface area contributed by atoms with E-state index >= 15 is 0 Å². The largest absolute Gasteiger partial charge is 0.373 e. The van der Waals surface area contributed by atoms with E-state index in [9.17, 15) is 0 Å². The van der Waals surface area contributed by atoms with Crippen LogP contribution in [-0.4, -0.2) is 18.6 Å². The van der Waals surface area contributed by atoms with Gasteiger partial charge in [0.25, 0.3) is 0 Å². The van der Waals surface area contributed by atoms with Crippen molar-refractivity contribution in [3.63, 3.8) is 0 Å². The molecule has 0 saturated carbocycles. The van der Waals surface area contributed by atoms with E-state index in [1.165, 1.54) is 0 Å². The summed E-state index contributed by atoms with van der Waals surface area (Å²) in [5.41, 5.74) is 0.308. The van der Waals surface area contributed by atoms with Crippen LogP contribution in [0.15, 0.2) is 0 Å². The molecule has 2 unspecified atom stereocenters. The Labute approximate surface area is 67.7 Å². The quantitative estimate of drug-likeness (QED) is 0.457. The van der Waals surface area contributed by atoms with Gasteiger partial charge in [-0.05, 0) is 18.3 Å². The van der Waals surface area contributed by atoms with Crippen molar-refractivity contribution in [2.45, 2.75) is 32.8 Å². The molecule has 1 rings (SSSR count). The van der Waals surface area contributed by atoms with Crippen LogP contribution in [0.2, 0.25) is 0 Å². The number of hydrogen-bond acceptors (Lipinski definition) is 1. The summed E-state index contributed by atoms with van der Waals surface area (Å²) in [5, 5.41) is 0. The van der Waals surface area contributed by atoms with Crippen LogP contribution >= 0.6 is 11.6 Å². The van der Waals surface area contributed by atoms with E-state index in [1.807, 2.05) is 0 Å². The minimum absolute atomic E-state index is 0.308. The maximum Gasteiger partial charge on any atom is 0.0815 e. The molecule has 2 atom stereocenters. The fourth-order valence-electron chi connectivity index (χ4n) is 1.03. The van der Waals surface area contributed by atoms with Crippen molar-refractivity contribution in [3.05, 3.63) is 0 Å². The molecule has 0 aromatic carbocycles. The van der Waals surface area contributed by atoms with Crippen LogP contribution in [0.4, 0.5) is 0 Å². The van der Waals surface area contributed by atoms with E-state index in [0.29, 0.717) is 11.5 Å². The second-order valence-electron chi connectivity index (χ2n) is 3.46. The van der Waals surface area contributed by atoms with Gasteiger partial charge in [-0.3, -0.25) is 0 Å². The van der Waals surface area contributed by atoms with E-state index < -0.39 is 0 Å². The molecule has 0 amide bonds. The summed E-state index contributed by atoms with van der Waals surface area (Å²) >= 11 is 5.83. The molecular weight excluding hydrogens is 148 g/mol. The normalized spacial score (nSPS) is 29.7. The first kappa shape index (κ1) is 8.35. The highest BCUT2D eigenvalue weighted by Gasteiger charge is 2.32. The smallest absolute Gasteiger partial charge is 0.0815 e. The van der Waals surface area contributed by atoms with Crippen LogP contribution in [0.5, 0.6) is 0 Å². The molecule has 1 nitrogen and oxygen atoms in total. The Bertz CT molecular complexity index is 106. The maximum absolute atomic E-state index is 5.83. The second kappa shape index (κ2) is 3.10. The number of alkyl halides is 1. The van der Waals surface area contributed by atoms with Gasteiger partial charge in [0.2, 0.25) is 0 Å². The molecule has 1 saturated heterocycles. The third kappa shape index (κ3) is 2.14. The summed E-state index contributed by atoms with van der Waals surface area (Å²) in [6.45, 7) is 5.36. The maximum atomic E-state index is 5.83. The molecule has 1 aliphatic heterocycles. The van der Waals surface area contributed by atoms with Crippen molar-refractivity contribution in [1.82, 2.24) is 0 Å². The molecule has 0 aliphatic carbocycles. The highest BCUT2D eigenvalue weighted by molar-refractivity contribution is 6.18. The second-order valence-corrected chi connectivity index (χ2v) is 3.72. The number of epoxide rings is 1. The first-order chi connectivity index (χ1) is 4.70. The highest BCUT2D eigenvalue weighted by atomic mass is 35.5. The third-order valence-corrected chi connectivity index (χ3v) is 2.94. The Kier molecular flexibility index (Phi) is 2.59. The zero-order chi connectivity index (χ0) is 7.61. The average molecular weight is 163 g/mol. The minimum Gasteiger partial charge on any atom is -0.373 e. The van der Waals surface area contributed by atoms with Gasteiger partial charge in [0.15, 0.2) is 0 Å². The number of ether oxygens (including phenoxy) is 1. The standard InChI is InChI=1S/C8H15ClO/c1-3-8(2,6-9)4-7-5-10-7/h7H,3-6H2,1-2H3. The molecule has 0 spiro atoms. The Hall–Kier alpha value is 0.250. The van der Waals surface area contributed by atoms with Crippen LogP contribution < -0.4 is 0 Å². The fraction of sp³-hybridized carbons (Fsp3) is 1.00. The van der Waals surface area contributed by atoms with Gasteiger partial charge in [-0.25, -0.2) is 0 Å². The van der Waals surface area contributed by atoms with Crippen LogP contribution in [0, 0.1) is 5.41 Å². The van der Waals surface area contributed by atoms with E-state index in [1.54, 1.807) is 0 Å². The van der Waals surface area contributed by atoms with Gasteiger partial charge in [0.1, 0.15) is 0 Å². The molecule has 0 N–H and O–H groups in total. The van der Waals surface area contributed by atoms with Crippen molar-refractivity contribution in [3.8, 4) is 0 Å². The average Bonchev–Trinajstić information content (AvgIpc) is 2.72. The molecule has 10 heavy (non-hydrogen) atoms. The Balaban J connectivity index is 2.29. The van der Waals surface area contributed by atoms with Gasteiger partial charge in [0.05, 0.1) is 12.7 Å². The van der Waals surface area contributed by atoms with Crippen molar-refractivity contribution in [1.29, 1.82) is 0 Å². The summed E-state index contributed by atoms with van der Waals surface area (Å²) in [5.74, 6) is 0.753. The van der Waals surface area contributed by atoms with E-state index in [4.69, 9.17) is 16.3 Å². The summed E-state index contributed by atoms with van der Waals surface area (Å²) in [7, 11) is 0. The molecule has 0 aromatic heterocycles. The van der Waals surface area contributed by atoms with Crippen LogP contribution in [0.25, 0.3) is 0 Å². The summed E-state index contributed by atoms with van der Waals surface area (Å²) in [6, 6.07) is 0. The van der Waals surface area contributed by atoms with Crippen molar-refractivity contribution >= 4 is 11.6 Å². The zero-order valence-electron chi connectivity index (χ0n) is 6.69. The molecule has 2 heteroatoms. The fourth-order valence-corrected chi connectivity index (χ4v) is 1.33. The van der Waals surface area contributed by atoms with E-state index in [0.717, 1.165) is 25.3 Å². The lowest BCUT2D eigenvalue weighted by atomic mass is 9.85. The monoisotopic (exact) mass is 162 g/mol. The van der Waals surface area contributed by atoms with Gasteiger partial charge >= 0.3 is 0 Å². The Morgan fingerprint density at radius 3 is 2.60 bits per heavy atom. The Morgan fingerprint density at radius 1 is 1.70 bits per heavy atom. The zero-order valence-corrected chi connectivity index (χ0v) is 7.45. The lowest BCUT2D eigenvalue weighted by molar-refractivity contribution is 0.272. The first-order valence-corrected chi connectivity index (χ1v) is 4.41. The summed E-state index contributed by atoms with van der Waals surface area (Å²) in [4.78, 5) is 0. The van der Waals surface area contributed by atoms with Crippen molar-refractivity contribution in [2.75, 3.05) is 12.5 Å². The van der Waals surface area contributed by atoms with Crippen molar-refractivity contribution in [2.24, 2.45) is 5.41 Å². The van der Waals surface area contributed by atoms with Crippen LogP contribution in [0.1, 0.15) is 26.7 Å². The van der Waals surface area contributed by atoms with Crippen LogP contribution in [0.3, 0.4) is 0 Å². The number of hydrogen-bond donors (Lipinski definition) is 0. The predicted octanol–water partition coefficient (Wildman–Crippen LogP) is 2.43. The molecule has 0 radical (unpaired) electrons. The molecule has 1 aliphatic rings. The molecule has 60 valence electrons. The van der Waals surface area contributed by atoms with Gasteiger partial charge in [-0.2, -0.15) is 0 Å². The van der Waals surface area contributed by atoms with E-state index in [2.05, 4.69) is 13.8 Å². The molecule has 0 aromatic rings. The minimum atomic E-state index is 0.308. The number of halogens is 1. The first-order valence-electron chi connectivity index (χ1n) is 3.88. The molecular formula is C8H15ClO. The van der Waals surface area contributed by atoms with Crippen LogP contribution in [-0.2, 0) is 4.74 Å². The lowest BCUT2D eigenvalue weighted by Gasteiger charge is -2.23. The SMILES string of the molecule is CCC(C)(CCl)CC1CO1.